The maximum atomic E-state index is 12.0. The lowest BCUT2D eigenvalue weighted by Crippen LogP contribution is -2.00. The maximum Gasteiger partial charge on any atom is 0.164 e. The molecule has 2 rings (SSSR count). The molecule has 0 atom stereocenters. The molecule has 0 aliphatic heterocycles. The van der Waals surface area contributed by atoms with Gasteiger partial charge in [-0.1, -0.05) is 29.8 Å². The van der Waals surface area contributed by atoms with Crippen LogP contribution in [0.25, 0.3) is 10.8 Å². The Bertz CT molecular complexity index is 594. The van der Waals surface area contributed by atoms with Crippen LogP contribution in [0.15, 0.2) is 30.3 Å². The van der Waals surface area contributed by atoms with Crippen molar-refractivity contribution in [3.63, 3.8) is 0 Å². The molecule has 0 heterocycles. The molecular weight excluding hydrogens is 271 g/mol. The van der Waals surface area contributed by atoms with Gasteiger partial charge in [0.1, 0.15) is 5.75 Å². The Kier molecular flexibility index (Phi) is 4.10. The molecule has 0 aliphatic rings. The van der Waals surface area contributed by atoms with Crippen LogP contribution in [0.3, 0.4) is 0 Å². The van der Waals surface area contributed by atoms with Crippen molar-refractivity contribution >= 4 is 39.8 Å². The van der Waals surface area contributed by atoms with Crippen LogP contribution in [-0.2, 0) is 0 Å². The number of hydrogen-bond acceptors (Lipinski definition) is 2. The Morgan fingerprint density at radius 2 is 2.00 bits per heavy atom. The van der Waals surface area contributed by atoms with Crippen LogP contribution in [0.5, 0.6) is 5.75 Å². The van der Waals surface area contributed by atoms with E-state index in [1.54, 1.807) is 19.2 Å². The summed E-state index contributed by atoms with van der Waals surface area (Å²) in [6.07, 6.45) is 0.324. The molecule has 2 aromatic rings. The molecule has 0 radical (unpaired) electrons. The van der Waals surface area contributed by atoms with Crippen LogP contribution in [0.2, 0.25) is 5.02 Å². The molecule has 0 saturated heterocycles. The second-order valence-electron chi connectivity index (χ2n) is 3.84. The minimum atomic E-state index is 0.0248. The van der Waals surface area contributed by atoms with Crippen LogP contribution in [0.1, 0.15) is 16.8 Å². The summed E-state index contributed by atoms with van der Waals surface area (Å²) < 4.78 is 5.16. The number of carbonyl (C=O) groups is 1. The first kappa shape index (κ1) is 13.2. The smallest absolute Gasteiger partial charge is 0.164 e. The molecule has 0 aliphatic carbocycles. The van der Waals surface area contributed by atoms with Crippen LogP contribution in [0.4, 0.5) is 0 Å². The third-order valence-electron chi connectivity index (χ3n) is 2.80. The molecule has 0 bridgehead atoms. The van der Waals surface area contributed by atoms with Crippen molar-refractivity contribution in [2.45, 2.75) is 6.42 Å². The maximum absolute atomic E-state index is 12.0. The zero-order chi connectivity index (χ0) is 13.1. The van der Waals surface area contributed by atoms with Crippen LogP contribution >= 0.6 is 23.2 Å². The Labute approximate surface area is 115 Å². The first-order valence-corrected chi connectivity index (χ1v) is 6.44. The lowest BCUT2D eigenvalue weighted by atomic mass is 10.00. The fourth-order valence-electron chi connectivity index (χ4n) is 1.92. The average molecular weight is 283 g/mol. The highest BCUT2D eigenvalue weighted by Crippen LogP contribution is 2.34. The molecule has 0 amide bonds. The third kappa shape index (κ3) is 2.31. The summed E-state index contributed by atoms with van der Waals surface area (Å²) in [6, 6.07) is 9.09. The van der Waals surface area contributed by atoms with Gasteiger partial charge in [0, 0.05) is 23.3 Å². The predicted octanol–water partition coefficient (Wildman–Crippen LogP) is 4.31. The first-order valence-electron chi connectivity index (χ1n) is 5.53. The molecule has 0 spiro atoms. The predicted molar refractivity (Wildman–Crippen MR) is 75.2 cm³/mol. The quantitative estimate of drug-likeness (QED) is 0.617. The summed E-state index contributed by atoms with van der Waals surface area (Å²) in [4.78, 5) is 12.0. The summed E-state index contributed by atoms with van der Waals surface area (Å²) in [6.45, 7) is 0. The topological polar surface area (TPSA) is 26.3 Å². The highest BCUT2D eigenvalue weighted by Gasteiger charge is 2.12. The van der Waals surface area contributed by atoms with E-state index in [0.29, 0.717) is 28.6 Å². The average Bonchev–Trinajstić information content (AvgIpc) is 2.39. The van der Waals surface area contributed by atoms with E-state index in [0.717, 1.165) is 10.8 Å². The number of benzene rings is 2. The van der Waals surface area contributed by atoms with Gasteiger partial charge in [-0.05, 0) is 17.5 Å². The second-order valence-corrected chi connectivity index (χ2v) is 4.60. The van der Waals surface area contributed by atoms with E-state index >= 15 is 0 Å². The summed E-state index contributed by atoms with van der Waals surface area (Å²) in [5.41, 5.74) is 0.651. The minimum absolute atomic E-state index is 0.0248. The third-order valence-corrected chi connectivity index (χ3v) is 3.38. The minimum Gasteiger partial charge on any atom is -0.495 e. The number of ketones is 1. The van der Waals surface area contributed by atoms with Gasteiger partial charge in [0.15, 0.2) is 5.78 Å². The van der Waals surface area contributed by atoms with Crippen LogP contribution in [-0.4, -0.2) is 18.8 Å². The van der Waals surface area contributed by atoms with Gasteiger partial charge in [-0.25, -0.2) is 0 Å². The van der Waals surface area contributed by atoms with Crippen molar-refractivity contribution in [2.24, 2.45) is 0 Å². The lowest BCUT2D eigenvalue weighted by molar-refractivity contribution is 0.0991. The zero-order valence-corrected chi connectivity index (χ0v) is 11.4. The number of methoxy groups -OCH3 is 1. The van der Waals surface area contributed by atoms with E-state index in [4.69, 9.17) is 27.9 Å². The number of ether oxygens (including phenoxy) is 1. The van der Waals surface area contributed by atoms with E-state index in [1.807, 2.05) is 18.2 Å². The summed E-state index contributed by atoms with van der Waals surface area (Å²) in [5.74, 6) is 0.946. The van der Waals surface area contributed by atoms with Crippen LogP contribution < -0.4 is 4.74 Å². The number of Topliss-reactive ketones (excluding diaryl/α,β-unsaturated/α-hetero) is 1. The zero-order valence-electron chi connectivity index (χ0n) is 9.87. The SMILES string of the molecule is COc1ccc2c(C(=O)CCCl)cccc2c1Cl. The molecule has 2 aromatic carbocycles. The standard InChI is InChI=1S/C14H12Cl2O2/c1-18-13-6-5-9-10(12(17)7-8-15)3-2-4-11(9)14(13)16/h2-6H,7-8H2,1H3. The van der Waals surface area contributed by atoms with E-state index in [-0.39, 0.29) is 5.78 Å². The highest BCUT2D eigenvalue weighted by molar-refractivity contribution is 6.37. The van der Waals surface area contributed by atoms with Crippen molar-refractivity contribution in [2.75, 3.05) is 13.0 Å². The van der Waals surface area contributed by atoms with Crippen molar-refractivity contribution in [3.8, 4) is 5.75 Å². The summed E-state index contributed by atoms with van der Waals surface area (Å²) in [7, 11) is 1.57. The van der Waals surface area contributed by atoms with Crippen molar-refractivity contribution in [3.05, 3.63) is 40.9 Å². The van der Waals surface area contributed by atoms with Gasteiger partial charge in [-0.2, -0.15) is 0 Å². The Hall–Kier alpha value is -1.25. The highest BCUT2D eigenvalue weighted by atomic mass is 35.5. The second kappa shape index (κ2) is 5.59. The van der Waals surface area contributed by atoms with E-state index < -0.39 is 0 Å². The van der Waals surface area contributed by atoms with Gasteiger partial charge >= 0.3 is 0 Å². The first-order chi connectivity index (χ1) is 8.69. The Morgan fingerprint density at radius 1 is 1.22 bits per heavy atom. The normalized spacial score (nSPS) is 10.6. The summed E-state index contributed by atoms with van der Waals surface area (Å²) in [5, 5.41) is 2.17. The molecular formula is C14H12Cl2O2. The van der Waals surface area contributed by atoms with E-state index in [9.17, 15) is 4.79 Å². The molecule has 0 fully saturated rings. The van der Waals surface area contributed by atoms with Gasteiger partial charge < -0.3 is 4.74 Å². The Morgan fingerprint density at radius 3 is 2.67 bits per heavy atom. The monoisotopic (exact) mass is 282 g/mol. The molecule has 18 heavy (non-hydrogen) atoms. The summed E-state index contributed by atoms with van der Waals surface area (Å²) >= 11 is 11.8. The molecule has 0 N–H and O–H groups in total. The lowest BCUT2D eigenvalue weighted by Gasteiger charge is -2.09. The number of halogens is 2. The molecule has 2 nitrogen and oxygen atoms in total. The van der Waals surface area contributed by atoms with Gasteiger partial charge in [-0.15, -0.1) is 11.6 Å². The number of alkyl halides is 1. The number of carbonyl (C=O) groups excluding carboxylic acids is 1. The Balaban J connectivity index is 2.64. The van der Waals surface area contributed by atoms with Crippen molar-refractivity contribution in [1.82, 2.24) is 0 Å². The van der Waals surface area contributed by atoms with Gasteiger partial charge in [0.2, 0.25) is 0 Å². The van der Waals surface area contributed by atoms with Crippen LogP contribution in [0, 0.1) is 0 Å². The van der Waals surface area contributed by atoms with Crippen molar-refractivity contribution in [1.29, 1.82) is 0 Å². The fraction of sp³-hybridized carbons (Fsp3) is 0.214. The molecule has 94 valence electrons. The number of fused-ring (bicyclic) bond motifs is 1. The molecule has 0 unspecified atom stereocenters. The van der Waals surface area contributed by atoms with Gasteiger partial charge in [0.05, 0.1) is 12.1 Å². The van der Waals surface area contributed by atoms with Crippen molar-refractivity contribution < 1.29 is 9.53 Å². The molecule has 0 saturated carbocycles. The van der Waals surface area contributed by atoms with Gasteiger partial charge in [0.25, 0.3) is 0 Å². The molecule has 4 heteroatoms. The van der Waals surface area contributed by atoms with E-state index in [1.165, 1.54) is 0 Å². The number of hydrogen-bond donors (Lipinski definition) is 0. The number of rotatable bonds is 4. The fourth-order valence-corrected chi connectivity index (χ4v) is 2.40. The molecule has 0 aromatic heterocycles. The largest absolute Gasteiger partial charge is 0.495 e. The van der Waals surface area contributed by atoms with Gasteiger partial charge in [-0.3, -0.25) is 4.79 Å². The van der Waals surface area contributed by atoms with E-state index in [2.05, 4.69) is 0 Å².